The van der Waals surface area contributed by atoms with E-state index in [2.05, 4.69) is 20.8 Å². The van der Waals surface area contributed by atoms with Gasteiger partial charge in [0.1, 0.15) is 11.3 Å². The third-order valence-corrected chi connectivity index (χ3v) is 3.33. The van der Waals surface area contributed by atoms with Crippen LogP contribution in [0.15, 0.2) is 42.5 Å². The first-order chi connectivity index (χ1) is 9.30. The summed E-state index contributed by atoms with van der Waals surface area (Å²) in [5.41, 5.74) is 2.50. The lowest BCUT2D eigenvalue weighted by atomic mass is 9.86. The number of carboxylic acid groups (broad SMARTS) is 1. The Bertz CT molecular complexity index is 634. The molecular formula is C17H18O3. The molecule has 0 aliphatic rings. The number of hydrogen-bond acceptors (Lipinski definition) is 2. The topological polar surface area (TPSA) is 57.5 Å². The third kappa shape index (κ3) is 2.67. The maximum Gasteiger partial charge on any atom is 0.339 e. The molecule has 2 aromatic carbocycles. The van der Waals surface area contributed by atoms with Crippen LogP contribution in [0.3, 0.4) is 0 Å². The van der Waals surface area contributed by atoms with E-state index in [4.69, 9.17) is 5.11 Å². The van der Waals surface area contributed by atoms with Crippen molar-refractivity contribution in [3.05, 3.63) is 53.6 Å². The maximum atomic E-state index is 11.0. The molecule has 0 radical (unpaired) electrons. The predicted octanol–water partition coefficient (Wildman–Crippen LogP) is 4.05. The van der Waals surface area contributed by atoms with Gasteiger partial charge in [-0.05, 0) is 22.6 Å². The zero-order valence-electron chi connectivity index (χ0n) is 11.8. The number of para-hydroxylation sites is 1. The van der Waals surface area contributed by atoms with Crippen LogP contribution in [0.1, 0.15) is 36.7 Å². The van der Waals surface area contributed by atoms with Crippen LogP contribution in [-0.4, -0.2) is 16.2 Å². The average Bonchev–Trinajstić information content (AvgIpc) is 2.38. The minimum atomic E-state index is -1.13. The highest BCUT2D eigenvalue weighted by Gasteiger charge is 2.16. The van der Waals surface area contributed by atoms with Gasteiger partial charge in [-0.25, -0.2) is 4.79 Å². The van der Waals surface area contributed by atoms with Crippen molar-refractivity contribution in [1.29, 1.82) is 0 Å². The Morgan fingerprint density at radius 2 is 1.60 bits per heavy atom. The van der Waals surface area contributed by atoms with E-state index in [1.807, 2.05) is 24.3 Å². The van der Waals surface area contributed by atoms with Crippen LogP contribution >= 0.6 is 0 Å². The molecule has 2 rings (SSSR count). The minimum absolute atomic E-state index is 0.0590. The number of carbonyl (C=O) groups is 1. The molecule has 3 heteroatoms. The highest BCUT2D eigenvalue weighted by atomic mass is 16.4. The summed E-state index contributed by atoms with van der Waals surface area (Å²) in [6.07, 6.45) is 0. The van der Waals surface area contributed by atoms with Crippen LogP contribution < -0.4 is 0 Å². The standard InChI is InChI=1S/C17H18O3/c1-17(2,3)12-9-7-11(8-10-12)13-5-4-6-14(15(13)18)16(19)20/h4-10,18H,1-3H3,(H,19,20). The molecule has 20 heavy (non-hydrogen) atoms. The lowest BCUT2D eigenvalue weighted by Gasteiger charge is -2.19. The first-order valence-electron chi connectivity index (χ1n) is 6.47. The van der Waals surface area contributed by atoms with E-state index in [1.165, 1.54) is 11.6 Å². The first-order valence-corrected chi connectivity index (χ1v) is 6.47. The Kier molecular flexibility index (Phi) is 3.53. The smallest absolute Gasteiger partial charge is 0.339 e. The molecule has 0 saturated carbocycles. The first kappa shape index (κ1) is 14.1. The Balaban J connectivity index is 2.48. The van der Waals surface area contributed by atoms with Crippen molar-refractivity contribution in [3.63, 3.8) is 0 Å². The zero-order chi connectivity index (χ0) is 14.9. The van der Waals surface area contributed by atoms with Gasteiger partial charge in [0.05, 0.1) is 0 Å². The maximum absolute atomic E-state index is 11.0. The van der Waals surface area contributed by atoms with Gasteiger partial charge in [-0.15, -0.1) is 0 Å². The van der Waals surface area contributed by atoms with E-state index in [0.29, 0.717) is 5.56 Å². The number of aromatic carboxylic acids is 1. The van der Waals surface area contributed by atoms with Gasteiger partial charge in [0.15, 0.2) is 0 Å². The molecule has 0 aliphatic carbocycles. The minimum Gasteiger partial charge on any atom is -0.506 e. The van der Waals surface area contributed by atoms with Crippen molar-refractivity contribution in [2.45, 2.75) is 26.2 Å². The van der Waals surface area contributed by atoms with Crippen LogP contribution in [0, 0.1) is 0 Å². The molecule has 0 bridgehead atoms. The summed E-state index contributed by atoms with van der Waals surface area (Å²) < 4.78 is 0. The summed E-state index contributed by atoms with van der Waals surface area (Å²) in [5.74, 6) is -1.32. The highest BCUT2D eigenvalue weighted by Crippen LogP contribution is 2.33. The van der Waals surface area contributed by atoms with Gasteiger partial charge in [-0.1, -0.05) is 57.2 Å². The number of phenols is 1. The van der Waals surface area contributed by atoms with Crippen LogP contribution in [0.25, 0.3) is 11.1 Å². The van der Waals surface area contributed by atoms with Gasteiger partial charge in [-0.3, -0.25) is 0 Å². The van der Waals surface area contributed by atoms with Crippen LogP contribution in [0.2, 0.25) is 0 Å². The third-order valence-electron chi connectivity index (χ3n) is 3.33. The fraction of sp³-hybridized carbons (Fsp3) is 0.235. The van der Waals surface area contributed by atoms with Crippen molar-refractivity contribution < 1.29 is 15.0 Å². The summed E-state index contributed by atoms with van der Waals surface area (Å²) in [6, 6.07) is 12.6. The van der Waals surface area contributed by atoms with Crippen molar-refractivity contribution >= 4 is 5.97 Å². The monoisotopic (exact) mass is 270 g/mol. The lowest BCUT2D eigenvalue weighted by molar-refractivity contribution is 0.0694. The van der Waals surface area contributed by atoms with Crippen molar-refractivity contribution in [2.24, 2.45) is 0 Å². The average molecular weight is 270 g/mol. The van der Waals surface area contributed by atoms with Crippen molar-refractivity contribution in [2.75, 3.05) is 0 Å². The van der Waals surface area contributed by atoms with E-state index < -0.39 is 5.97 Å². The quantitative estimate of drug-likeness (QED) is 0.865. The fourth-order valence-electron chi connectivity index (χ4n) is 2.10. The van der Waals surface area contributed by atoms with Crippen LogP contribution in [0.5, 0.6) is 5.75 Å². The van der Waals surface area contributed by atoms with Crippen molar-refractivity contribution in [3.8, 4) is 16.9 Å². The van der Waals surface area contributed by atoms with Crippen LogP contribution in [0.4, 0.5) is 0 Å². The second-order valence-corrected chi connectivity index (χ2v) is 5.83. The number of hydrogen-bond donors (Lipinski definition) is 2. The summed E-state index contributed by atoms with van der Waals surface area (Å²) in [7, 11) is 0. The Hall–Kier alpha value is -2.29. The second-order valence-electron chi connectivity index (χ2n) is 5.83. The molecule has 104 valence electrons. The molecule has 0 aliphatic heterocycles. The molecule has 0 atom stereocenters. The Labute approximate surface area is 118 Å². The largest absolute Gasteiger partial charge is 0.506 e. The fourth-order valence-corrected chi connectivity index (χ4v) is 2.10. The van der Waals surface area contributed by atoms with Crippen LogP contribution in [-0.2, 0) is 5.41 Å². The molecule has 0 amide bonds. The number of rotatable bonds is 2. The van der Waals surface area contributed by atoms with Gasteiger partial charge >= 0.3 is 5.97 Å². The molecule has 2 N–H and O–H groups in total. The predicted molar refractivity (Wildman–Crippen MR) is 79.2 cm³/mol. The van der Waals surface area contributed by atoms with E-state index in [-0.39, 0.29) is 16.7 Å². The number of benzene rings is 2. The summed E-state index contributed by atoms with van der Waals surface area (Å²) in [4.78, 5) is 11.0. The highest BCUT2D eigenvalue weighted by molar-refractivity contribution is 5.94. The van der Waals surface area contributed by atoms with Gasteiger partial charge < -0.3 is 10.2 Å². The van der Waals surface area contributed by atoms with E-state index >= 15 is 0 Å². The molecule has 0 spiro atoms. The number of carboxylic acids is 1. The molecule has 2 aromatic rings. The van der Waals surface area contributed by atoms with Gasteiger partial charge in [-0.2, -0.15) is 0 Å². The molecule has 0 unspecified atom stereocenters. The van der Waals surface area contributed by atoms with E-state index in [9.17, 15) is 9.90 Å². The molecule has 0 fully saturated rings. The second kappa shape index (κ2) is 5.00. The van der Waals surface area contributed by atoms with E-state index in [0.717, 1.165) is 5.56 Å². The molecule has 0 heterocycles. The van der Waals surface area contributed by atoms with Gasteiger partial charge in [0.25, 0.3) is 0 Å². The SMILES string of the molecule is CC(C)(C)c1ccc(-c2cccc(C(=O)O)c2O)cc1. The molecular weight excluding hydrogens is 252 g/mol. The Morgan fingerprint density at radius 1 is 1.00 bits per heavy atom. The molecule has 0 aromatic heterocycles. The molecule has 0 saturated heterocycles. The summed E-state index contributed by atoms with van der Waals surface area (Å²) in [6.45, 7) is 6.39. The Morgan fingerprint density at radius 3 is 2.10 bits per heavy atom. The lowest BCUT2D eigenvalue weighted by Crippen LogP contribution is -2.10. The summed E-state index contributed by atoms with van der Waals surface area (Å²) >= 11 is 0. The zero-order valence-corrected chi connectivity index (χ0v) is 11.8. The summed E-state index contributed by atoms with van der Waals surface area (Å²) in [5, 5.41) is 19.1. The van der Waals surface area contributed by atoms with Gasteiger partial charge in [0, 0.05) is 5.56 Å². The number of aromatic hydroxyl groups is 1. The molecule has 3 nitrogen and oxygen atoms in total. The van der Waals surface area contributed by atoms with Gasteiger partial charge in [0.2, 0.25) is 0 Å². The normalized spacial score (nSPS) is 11.3. The van der Waals surface area contributed by atoms with E-state index in [1.54, 1.807) is 12.1 Å². The van der Waals surface area contributed by atoms with Crippen molar-refractivity contribution in [1.82, 2.24) is 0 Å².